The van der Waals surface area contributed by atoms with Crippen LogP contribution in [0, 0.1) is 5.41 Å². The van der Waals surface area contributed by atoms with Gasteiger partial charge in [-0.05, 0) is 26.2 Å². The average Bonchev–Trinajstić information content (AvgIpc) is 2.92. The topological polar surface area (TPSA) is 47.0 Å². The van der Waals surface area contributed by atoms with Crippen molar-refractivity contribution in [1.29, 1.82) is 0 Å². The maximum atomic E-state index is 5.95. The van der Waals surface area contributed by atoms with Crippen LogP contribution in [0.1, 0.15) is 45.4 Å². The number of aromatic nitrogens is 2. The van der Waals surface area contributed by atoms with Crippen LogP contribution >= 0.6 is 11.3 Å². The highest BCUT2D eigenvalue weighted by Gasteiger charge is 2.55. The van der Waals surface area contributed by atoms with Crippen LogP contribution in [0.3, 0.4) is 0 Å². The molecule has 2 atom stereocenters. The Morgan fingerprint density at radius 3 is 2.94 bits per heavy atom. The van der Waals surface area contributed by atoms with Crippen molar-refractivity contribution < 1.29 is 4.74 Å². The molecule has 4 nitrogen and oxygen atoms in total. The van der Waals surface area contributed by atoms with Gasteiger partial charge in [0.25, 0.3) is 0 Å². The summed E-state index contributed by atoms with van der Waals surface area (Å²) in [5.74, 6) is 0. The van der Waals surface area contributed by atoms with E-state index < -0.39 is 0 Å². The highest BCUT2D eigenvalue weighted by Crippen LogP contribution is 2.54. The molecule has 0 saturated heterocycles. The van der Waals surface area contributed by atoms with Crippen LogP contribution in [0.25, 0.3) is 0 Å². The van der Waals surface area contributed by atoms with E-state index in [1.807, 2.05) is 0 Å². The number of nitrogens with one attached hydrogen (secondary N) is 1. The minimum absolute atomic E-state index is 0.361. The van der Waals surface area contributed by atoms with Crippen molar-refractivity contribution in [3.8, 4) is 0 Å². The molecular weight excluding hydrogens is 246 g/mol. The number of hydrogen-bond acceptors (Lipinski definition) is 5. The van der Waals surface area contributed by atoms with E-state index in [1.54, 1.807) is 16.8 Å². The highest BCUT2D eigenvalue weighted by molar-refractivity contribution is 7.13. The van der Waals surface area contributed by atoms with E-state index in [1.165, 1.54) is 32.1 Å². The average molecular weight is 267 g/mol. The van der Waals surface area contributed by atoms with Gasteiger partial charge in [-0.15, -0.1) is 10.2 Å². The molecule has 2 unspecified atom stereocenters. The molecule has 2 fully saturated rings. The van der Waals surface area contributed by atoms with E-state index in [2.05, 4.69) is 22.4 Å². The predicted molar refractivity (Wildman–Crippen MR) is 72.9 cm³/mol. The van der Waals surface area contributed by atoms with Gasteiger partial charge in [0, 0.05) is 18.1 Å². The van der Waals surface area contributed by atoms with Crippen LogP contribution in [-0.2, 0) is 4.74 Å². The van der Waals surface area contributed by atoms with Gasteiger partial charge in [0.2, 0.25) is 5.13 Å². The number of ether oxygens (including phenoxy) is 1. The smallest absolute Gasteiger partial charge is 0.205 e. The summed E-state index contributed by atoms with van der Waals surface area (Å²) in [6.45, 7) is 2.93. The van der Waals surface area contributed by atoms with Gasteiger partial charge in [0.05, 0.1) is 6.10 Å². The Kier molecular flexibility index (Phi) is 3.52. The van der Waals surface area contributed by atoms with Gasteiger partial charge < -0.3 is 10.1 Å². The van der Waals surface area contributed by atoms with Crippen LogP contribution < -0.4 is 5.32 Å². The molecule has 0 amide bonds. The second-order valence-electron chi connectivity index (χ2n) is 5.41. The summed E-state index contributed by atoms with van der Waals surface area (Å²) in [6.07, 6.45) is 8.24. The Hall–Kier alpha value is -0.680. The van der Waals surface area contributed by atoms with Gasteiger partial charge in [-0.25, -0.2) is 0 Å². The largest absolute Gasteiger partial charge is 0.378 e. The first-order valence-corrected chi connectivity index (χ1v) is 7.87. The van der Waals surface area contributed by atoms with Crippen molar-refractivity contribution in [1.82, 2.24) is 10.2 Å². The van der Waals surface area contributed by atoms with Gasteiger partial charge in [0.1, 0.15) is 5.51 Å². The molecular formula is C13H21N3OS. The van der Waals surface area contributed by atoms with Gasteiger partial charge in [-0.1, -0.05) is 30.6 Å². The van der Waals surface area contributed by atoms with E-state index in [0.717, 1.165) is 18.2 Å². The second kappa shape index (κ2) is 5.13. The SMILES string of the molecule is CCOC1CC(Nc2nncs2)C12CCCCC2. The molecule has 2 aliphatic rings. The summed E-state index contributed by atoms with van der Waals surface area (Å²) in [4.78, 5) is 0. The van der Waals surface area contributed by atoms with E-state index >= 15 is 0 Å². The van der Waals surface area contributed by atoms with Gasteiger partial charge >= 0.3 is 0 Å². The molecule has 0 bridgehead atoms. The number of anilines is 1. The molecule has 18 heavy (non-hydrogen) atoms. The summed E-state index contributed by atoms with van der Waals surface area (Å²) in [5, 5.41) is 12.5. The second-order valence-corrected chi connectivity index (χ2v) is 6.25. The zero-order chi connectivity index (χ0) is 12.4. The van der Waals surface area contributed by atoms with Crippen molar-refractivity contribution in [3.63, 3.8) is 0 Å². The first-order valence-electron chi connectivity index (χ1n) is 6.99. The zero-order valence-corrected chi connectivity index (χ0v) is 11.7. The predicted octanol–water partition coefficient (Wildman–Crippen LogP) is 3.08. The molecule has 0 aliphatic heterocycles. The molecule has 0 aromatic carbocycles. The molecule has 5 heteroatoms. The van der Waals surface area contributed by atoms with Crippen LogP contribution in [0.4, 0.5) is 5.13 Å². The molecule has 100 valence electrons. The maximum absolute atomic E-state index is 5.95. The Balaban J connectivity index is 1.70. The number of nitrogens with zero attached hydrogens (tertiary/aromatic N) is 2. The van der Waals surface area contributed by atoms with E-state index in [9.17, 15) is 0 Å². The molecule has 1 aromatic rings. The van der Waals surface area contributed by atoms with Crippen LogP contribution in [-0.4, -0.2) is 29.0 Å². The fourth-order valence-corrected chi connectivity index (χ4v) is 4.15. The standard InChI is InChI=1S/C13H21N3OS/c1-2-17-11-8-10(15-12-16-14-9-18-12)13(11)6-4-3-5-7-13/h9-11H,2-8H2,1H3,(H,15,16). The Bertz CT molecular complexity index is 376. The summed E-state index contributed by atoms with van der Waals surface area (Å²) in [5.41, 5.74) is 2.15. The lowest BCUT2D eigenvalue weighted by atomic mass is 9.55. The first-order chi connectivity index (χ1) is 8.85. The molecule has 0 radical (unpaired) electrons. The molecule has 1 spiro atoms. The van der Waals surface area contributed by atoms with E-state index in [0.29, 0.717) is 17.6 Å². The third kappa shape index (κ3) is 2.03. The quantitative estimate of drug-likeness (QED) is 0.910. The molecule has 1 heterocycles. The third-order valence-electron chi connectivity index (χ3n) is 4.60. The minimum atomic E-state index is 0.361. The summed E-state index contributed by atoms with van der Waals surface area (Å²) >= 11 is 1.59. The van der Waals surface area contributed by atoms with Crippen LogP contribution in [0.15, 0.2) is 5.51 Å². The highest BCUT2D eigenvalue weighted by atomic mass is 32.1. The molecule has 1 aromatic heterocycles. The van der Waals surface area contributed by atoms with Crippen molar-refractivity contribution in [2.75, 3.05) is 11.9 Å². The number of rotatable bonds is 4. The Morgan fingerprint density at radius 2 is 2.28 bits per heavy atom. The third-order valence-corrected chi connectivity index (χ3v) is 5.22. The normalized spacial score (nSPS) is 30.1. The Labute approximate surface area is 112 Å². The summed E-state index contributed by atoms with van der Waals surface area (Å²) < 4.78 is 5.95. The maximum Gasteiger partial charge on any atom is 0.205 e. The van der Waals surface area contributed by atoms with Crippen LogP contribution in [0.2, 0.25) is 0 Å². The molecule has 1 N–H and O–H groups in total. The molecule has 2 aliphatic carbocycles. The fraction of sp³-hybridized carbons (Fsp3) is 0.846. The number of hydrogen-bond donors (Lipinski definition) is 1. The van der Waals surface area contributed by atoms with Crippen LogP contribution in [0.5, 0.6) is 0 Å². The van der Waals surface area contributed by atoms with E-state index in [4.69, 9.17) is 4.74 Å². The monoisotopic (exact) mass is 267 g/mol. The summed E-state index contributed by atoms with van der Waals surface area (Å²) in [6, 6.07) is 0.530. The lowest BCUT2D eigenvalue weighted by Gasteiger charge is -2.57. The van der Waals surface area contributed by atoms with Crippen molar-refractivity contribution in [2.45, 2.75) is 57.6 Å². The lowest BCUT2D eigenvalue weighted by Crippen LogP contribution is -2.62. The zero-order valence-electron chi connectivity index (χ0n) is 10.9. The summed E-state index contributed by atoms with van der Waals surface area (Å²) in [7, 11) is 0. The fourth-order valence-electron chi connectivity index (χ4n) is 3.65. The molecule has 3 rings (SSSR count). The van der Waals surface area contributed by atoms with Crippen molar-refractivity contribution >= 4 is 16.5 Å². The van der Waals surface area contributed by atoms with Crippen molar-refractivity contribution in [2.24, 2.45) is 5.41 Å². The lowest BCUT2D eigenvalue weighted by molar-refractivity contribution is -0.134. The van der Waals surface area contributed by atoms with E-state index in [-0.39, 0.29) is 0 Å². The molecule has 2 saturated carbocycles. The first kappa shape index (κ1) is 12.4. The van der Waals surface area contributed by atoms with Crippen molar-refractivity contribution in [3.05, 3.63) is 5.51 Å². The van der Waals surface area contributed by atoms with Gasteiger partial charge in [-0.3, -0.25) is 0 Å². The Morgan fingerprint density at radius 1 is 1.44 bits per heavy atom. The van der Waals surface area contributed by atoms with Gasteiger partial charge in [0.15, 0.2) is 0 Å². The minimum Gasteiger partial charge on any atom is -0.378 e. The van der Waals surface area contributed by atoms with Gasteiger partial charge in [-0.2, -0.15) is 0 Å².